The fourth-order valence-corrected chi connectivity index (χ4v) is 6.70. The Hall–Kier alpha value is -3.07. The van der Waals surface area contributed by atoms with Gasteiger partial charge in [0.2, 0.25) is 5.91 Å². The van der Waals surface area contributed by atoms with Crippen molar-refractivity contribution in [2.24, 2.45) is 11.8 Å². The van der Waals surface area contributed by atoms with Crippen molar-refractivity contribution < 1.29 is 29.3 Å². The molecule has 1 fully saturated rings. The summed E-state index contributed by atoms with van der Waals surface area (Å²) in [5, 5.41) is 20.5. The maximum atomic E-state index is 11.9. The molecule has 2 aromatic carbocycles. The zero-order valence-corrected chi connectivity index (χ0v) is 27.8. The number of nitrogens with zero attached hydrogens (tertiary/aromatic N) is 2. The van der Waals surface area contributed by atoms with E-state index < -0.39 is 12.1 Å². The Labute approximate surface area is 273 Å². The first-order valence-electron chi connectivity index (χ1n) is 16.3. The molecule has 1 heterocycles. The number of ether oxygens (including phenoxy) is 2. The van der Waals surface area contributed by atoms with Gasteiger partial charge in [0.15, 0.2) is 0 Å². The van der Waals surface area contributed by atoms with Gasteiger partial charge in [0.1, 0.15) is 12.4 Å². The lowest BCUT2D eigenvalue weighted by molar-refractivity contribution is -0.145. The highest BCUT2D eigenvalue weighted by molar-refractivity contribution is 6.30. The standard InChI is InChI=1S/C36H49ClN2O6/c1-5-9-26-18-29(37)13-15-30(26)28-21-39(32-19-25(24(3)40)12-16-34(32)44-22-28)20-27-11-14-31(27)33(45-23-36(42)43)10-7-8-17-38(4)35(41)6-2/h7,10,12-13,15-16,18-19,24,27-28,31,33,40H,5-6,8-9,11,14,17,20-23H2,1-4H3,(H,42,43)/b10-7+. The highest BCUT2D eigenvalue weighted by Crippen LogP contribution is 2.43. The Morgan fingerprint density at radius 3 is 2.67 bits per heavy atom. The third-order valence-electron chi connectivity index (χ3n) is 9.19. The molecule has 0 aromatic heterocycles. The number of hydrogen-bond donors (Lipinski definition) is 2. The van der Waals surface area contributed by atoms with Crippen molar-refractivity contribution in [3.8, 4) is 5.75 Å². The Kier molecular flexibility index (Phi) is 12.7. The van der Waals surface area contributed by atoms with Crippen LogP contribution in [0.1, 0.15) is 81.6 Å². The van der Waals surface area contributed by atoms with Crippen LogP contribution in [-0.4, -0.2) is 73.0 Å². The van der Waals surface area contributed by atoms with Crippen LogP contribution in [0.15, 0.2) is 48.6 Å². The van der Waals surface area contributed by atoms with Gasteiger partial charge < -0.3 is 29.5 Å². The van der Waals surface area contributed by atoms with Crippen LogP contribution in [-0.2, 0) is 20.7 Å². The minimum absolute atomic E-state index is 0.0975. The van der Waals surface area contributed by atoms with Gasteiger partial charge in [-0.1, -0.05) is 56.2 Å². The van der Waals surface area contributed by atoms with Crippen LogP contribution in [0.4, 0.5) is 5.69 Å². The van der Waals surface area contributed by atoms with E-state index in [0.29, 0.717) is 26.0 Å². The number of fused-ring (bicyclic) bond motifs is 1. The first-order valence-corrected chi connectivity index (χ1v) is 16.7. The second-order valence-corrected chi connectivity index (χ2v) is 12.9. The molecule has 0 spiro atoms. The van der Waals surface area contributed by atoms with Gasteiger partial charge in [0.25, 0.3) is 0 Å². The first kappa shape index (κ1) is 34.8. The lowest BCUT2D eigenvalue weighted by atomic mass is 9.70. The predicted octanol–water partition coefficient (Wildman–Crippen LogP) is 6.64. The average molecular weight is 641 g/mol. The molecule has 0 radical (unpaired) electrons. The van der Waals surface area contributed by atoms with Crippen LogP contribution in [0.25, 0.3) is 0 Å². The summed E-state index contributed by atoms with van der Waals surface area (Å²) >= 11 is 6.40. The van der Waals surface area contributed by atoms with Gasteiger partial charge in [-0.3, -0.25) is 4.79 Å². The Morgan fingerprint density at radius 2 is 2.00 bits per heavy atom. The van der Waals surface area contributed by atoms with Gasteiger partial charge in [-0.2, -0.15) is 0 Å². The maximum Gasteiger partial charge on any atom is 0.329 e. The van der Waals surface area contributed by atoms with Gasteiger partial charge in [0, 0.05) is 44.0 Å². The van der Waals surface area contributed by atoms with Crippen LogP contribution in [0.5, 0.6) is 5.75 Å². The molecule has 8 nitrogen and oxygen atoms in total. The summed E-state index contributed by atoms with van der Waals surface area (Å²) in [6.07, 6.45) is 8.11. The zero-order chi connectivity index (χ0) is 32.5. The highest BCUT2D eigenvalue weighted by atomic mass is 35.5. The van der Waals surface area contributed by atoms with E-state index in [4.69, 9.17) is 21.1 Å². The normalized spacial score (nSPS) is 20.9. The number of aliphatic carboxylic acids is 1. The summed E-state index contributed by atoms with van der Waals surface area (Å²) < 4.78 is 12.4. The fourth-order valence-electron chi connectivity index (χ4n) is 6.51. The number of rotatable bonds is 15. The zero-order valence-electron chi connectivity index (χ0n) is 27.1. The molecular formula is C36H49ClN2O6. The number of carbonyl (C=O) groups excluding carboxylic acids is 1. The quantitative estimate of drug-likeness (QED) is 0.211. The minimum Gasteiger partial charge on any atom is -0.491 e. The van der Waals surface area contributed by atoms with Crippen molar-refractivity contribution in [2.75, 3.05) is 44.8 Å². The molecule has 0 bridgehead atoms. The molecule has 1 aliphatic carbocycles. The van der Waals surface area contributed by atoms with Gasteiger partial charge >= 0.3 is 5.97 Å². The second kappa shape index (κ2) is 16.5. The summed E-state index contributed by atoms with van der Waals surface area (Å²) in [6.45, 7) is 8.07. The van der Waals surface area contributed by atoms with Crippen LogP contribution >= 0.6 is 11.6 Å². The lowest BCUT2D eigenvalue weighted by Gasteiger charge is -2.44. The molecule has 1 saturated carbocycles. The SMILES string of the molecule is CCCc1cc(Cl)ccc1C1COc2ccc(C(C)O)cc2N(CC2CCC2C(/C=C/CCN(C)C(=O)CC)OCC(=O)O)C1. The Balaban J connectivity index is 1.58. The molecule has 5 atom stereocenters. The van der Waals surface area contributed by atoms with Gasteiger partial charge in [-0.15, -0.1) is 0 Å². The number of anilines is 1. The third-order valence-corrected chi connectivity index (χ3v) is 9.42. The summed E-state index contributed by atoms with van der Waals surface area (Å²) in [5.74, 6) is 0.461. The minimum atomic E-state index is -0.990. The molecule has 2 aliphatic rings. The summed E-state index contributed by atoms with van der Waals surface area (Å²) in [6, 6.07) is 12.1. The van der Waals surface area contributed by atoms with Crippen molar-refractivity contribution in [1.29, 1.82) is 0 Å². The van der Waals surface area contributed by atoms with E-state index in [9.17, 15) is 19.8 Å². The van der Waals surface area contributed by atoms with Crippen LogP contribution in [0.2, 0.25) is 5.02 Å². The van der Waals surface area contributed by atoms with Crippen molar-refractivity contribution in [3.05, 3.63) is 70.3 Å². The lowest BCUT2D eigenvalue weighted by Crippen LogP contribution is -2.45. The number of benzene rings is 2. The van der Waals surface area contributed by atoms with E-state index in [0.717, 1.165) is 60.8 Å². The van der Waals surface area contributed by atoms with E-state index in [1.807, 2.05) is 43.3 Å². The van der Waals surface area contributed by atoms with Crippen LogP contribution in [0, 0.1) is 11.8 Å². The van der Waals surface area contributed by atoms with Crippen molar-refractivity contribution in [2.45, 2.75) is 77.4 Å². The molecule has 45 heavy (non-hydrogen) atoms. The molecule has 5 unspecified atom stereocenters. The van der Waals surface area contributed by atoms with Gasteiger partial charge in [0.05, 0.1) is 24.5 Å². The van der Waals surface area contributed by atoms with Gasteiger partial charge in [-0.05, 0) is 85.4 Å². The molecule has 4 rings (SSSR count). The summed E-state index contributed by atoms with van der Waals surface area (Å²) in [5.41, 5.74) is 4.29. The number of aryl methyl sites for hydroxylation is 1. The van der Waals surface area contributed by atoms with Crippen molar-refractivity contribution in [3.63, 3.8) is 0 Å². The number of carboxylic acid groups (broad SMARTS) is 1. The number of amides is 1. The van der Waals surface area contributed by atoms with E-state index >= 15 is 0 Å². The number of carboxylic acids is 1. The maximum absolute atomic E-state index is 11.9. The first-order chi connectivity index (χ1) is 21.6. The second-order valence-electron chi connectivity index (χ2n) is 12.5. The van der Waals surface area contributed by atoms with Crippen LogP contribution < -0.4 is 9.64 Å². The van der Waals surface area contributed by atoms with Crippen LogP contribution in [0.3, 0.4) is 0 Å². The number of hydrogen-bond acceptors (Lipinski definition) is 6. The van der Waals surface area contributed by atoms with E-state index in [-0.39, 0.29) is 36.4 Å². The Morgan fingerprint density at radius 1 is 1.20 bits per heavy atom. The molecular weight excluding hydrogens is 592 g/mol. The molecule has 0 saturated heterocycles. The highest BCUT2D eigenvalue weighted by Gasteiger charge is 2.39. The topological polar surface area (TPSA) is 99.5 Å². The number of halogens is 1. The molecule has 9 heteroatoms. The average Bonchev–Trinajstić information content (AvgIpc) is 3.18. The van der Waals surface area contributed by atoms with Gasteiger partial charge in [-0.25, -0.2) is 4.79 Å². The summed E-state index contributed by atoms with van der Waals surface area (Å²) in [7, 11) is 1.80. The molecule has 2 aromatic rings. The largest absolute Gasteiger partial charge is 0.491 e. The number of carbonyl (C=O) groups is 2. The summed E-state index contributed by atoms with van der Waals surface area (Å²) in [4.78, 5) is 27.5. The van der Waals surface area contributed by atoms with E-state index in [1.54, 1.807) is 18.9 Å². The molecule has 1 aliphatic heterocycles. The van der Waals surface area contributed by atoms with Crippen molar-refractivity contribution >= 4 is 29.2 Å². The third kappa shape index (κ3) is 9.24. The van der Waals surface area contributed by atoms with Crippen molar-refractivity contribution in [1.82, 2.24) is 4.90 Å². The smallest absolute Gasteiger partial charge is 0.329 e. The number of aliphatic hydroxyl groups is 1. The van der Waals surface area contributed by atoms with E-state index in [1.165, 1.54) is 11.1 Å². The molecule has 2 N–H and O–H groups in total. The predicted molar refractivity (Wildman–Crippen MR) is 178 cm³/mol. The molecule has 246 valence electrons. The van der Waals surface area contributed by atoms with E-state index in [2.05, 4.69) is 24.0 Å². The number of aliphatic hydroxyl groups excluding tert-OH is 1. The monoisotopic (exact) mass is 640 g/mol. The molecule has 1 amide bonds. The fraction of sp³-hybridized carbons (Fsp3) is 0.556. The Bertz CT molecular complexity index is 1330.